The molecule has 0 aliphatic rings. The minimum absolute atomic E-state index is 0.869. The topological polar surface area (TPSA) is 67.7 Å². The van der Waals surface area contributed by atoms with Gasteiger partial charge in [0.2, 0.25) is 0 Å². The van der Waals surface area contributed by atoms with E-state index in [-0.39, 0.29) is 0 Å². The average molecular weight is 288 g/mol. The van der Waals surface area contributed by atoms with Crippen LogP contribution in [-0.4, -0.2) is 32.6 Å². The van der Waals surface area contributed by atoms with Crippen molar-refractivity contribution in [1.29, 1.82) is 0 Å². The van der Waals surface area contributed by atoms with Crippen molar-refractivity contribution in [3.05, 3.63) is 30.6 Å². The number of unbranched alkanes of at least 4 members (excludes halogenated alkanes) is 1. The number of hydrogen-bond donors (Lipinski definition) is 2. The van der Waals surface area contributed by atoms with E-state index in [9.17, 15) is 0 Å². The molecule has 0 saturated carbocycles. The second kappa shape index (κ2) is 8.24. The van der Waals surface area contributed by atoms with Crippen LogP contribution in [0.2, 0.25) is 0 Å². The molecule has 0 aliphatic heterocycles. The van der Waals surface area contributed by atoms with E-state index in [2.05, 4.69) is 44.0 Å². The number of imidazole rings is 1. The molecular formula is C15H24N6. The fraction of sp³-hybridized carbons (Fsp3) is 0.533. The fourth-order valence-electron chi connectivity index (χ4n) is 2.26. The molecule has 21 heavy (non-hydrogen) atoms. The van der Waals surface area contributed by atoms with E-state index in [0.717, 1.165) is 56.1 Å². The highest BCUT2D eigenvalue weighted by Gasteiger charge is 2.08. The number of aromatic nitrogens is 4. The van der Waals surface area contributed by atoms with Crippen LogP contribution in [0.3, 0.4) is 0 Å². The zero-order chi connectivity index (χ0) is 14.9. The lowest BCUT2D eigenvalue weighted by molar-refractivity contribution is 0.620. The van der Waals surface area contributed by atoms with Gasteiger partial charge >= 0.3 is 0 Å². The maximum Gasteiger partial charge on any atom is 0.134 e. The average Bonchev–Trinajstić information content (AvgIpc) is 3.01. The van der Waals surface area contributed by atoms with Gasteiger partial charge in [0.25, 0.3) is 0 Å². The van der Waals surface area contributed by atoms with Crippen molar-refractivity contribution in [2.45, 2.75) is 39.7 Å². The Morgan fingerprint density at radius 1 is 1.10 bits per heavy atom. The van der Waals surface area contributed by atoms with E-state index in [1.165, 1.54) is 0 Å². The summed E-state index contributed by atoms with van der Waals surface area (Å²) in [4.78, 5) is 12.7. The maximum atomic E-state index is 4.36. The molecule has 2 aromatic rings. The van der Waals surface area contributed by atoms with Crippen LogP contribution in [0.15, 0.2) is 25.0 Å². The summed E-state index contributed by atoms with van der Waals surface area (Å²) in [6.45, 7) is 7.00. The van der Waals surface area contributed by atoms with E-state index < -0.39 is 0 Å². The second-order valence-electron chi connectivity index (χ2n) is 4.87. The monoisotopic (exact) mass is 288 g/mol. The summed E-state index contributed by atoms with van der Waals surface area (Å²) >= 11 is 0. The smallest absolute Gasteiger partial charge is 0.134 e. The van der Waals surface area contributed by atoms with Crippen LogP contribution in [0.1, 0.15) is 32.3 Å². The number of anilines is 2. The van der Waals surface area contributed by atoms with E-state index in [1.807, 2.05) is 18.7 Å². The van der Waals surface area contributed by atoms with E-state index in [4.69, 9.17) is 0 Å². The van der Waals surface area contributed by atoms with Gasteiger partial charge in [-0.2, -0.15) is 0 Å². The van der Waals surface area contributed by atoms with Gasteiger partial charge in [-0.1, -0.05) is 6.92 Å². The summed E-state index contributed by atoms with van der Waals surface area (Å²) in [7, 11) is 0. The summed E-state index contributed by atoms with van der Waals surface area (Å²) in [6, 6.07) is 0. The van der Waals surface area contributed by atoms with Crippen molar-refractivity contribution in [2.75, 3.05) is 23.7 Å². The Kier molecular flexibility index (Phi) is 5.99. The Balaban J connectivity index is 1.80. The van der Waals surface area contributed by atoms with Gasteiger partial charge in [-0.25, -0.2) is 15.0 Å². The Hall–Kier alpha value is -2.11. The first-order chi connectivity index (χ1) is 10.3. The second-order valence-corrected chi connectivity index (χ2v) is 4.87. The third kappa shape index (κ3) is 4.44. The lowest BCUT2D eigenvalue weighted by atomic mass is 10.2. The third-order valence-electron chi connectivity index (χ3n) is 3.34. The molecule has 0 bridgehead atoms. The Bertz CT molecular complexity index is 523. The van der Waals surface area contributed by atoms with Gasteiger partial charge in [0.1, 0.15) is 18.0 Å². The lowest BCUT2D eigenvalue weighted by Crippen LogP contribution is -2.11. The molecule has 0 spiro atoms. The van der Waals surface area contributed by atoms with Crippen molar-refractivity contribution in [3.63, 3.8) is 0 Å². The molecule has 2 rings (SSSR count). The van der Waals surface area contributed by atoms with Crippen LogP contribution in [0.5, 0.6) is 0 Å². The van der Waals surface area contributed by atoms with E-state index >= 15 is 0 Å². The molecule has 2 heterocycles. The minimum Gasteiger partial charge on any atom is -0.370 e. The SMILES string of the molecule is CCNc1ncnc(NCCCCn2ccnc2)c1CC. The number of hydrogen-bond acceptors (Lipinski definition) is 5. The largest absolute Gasteiger partial charge is 0.370 e. The van der Waals surface area contributed by atoms with Crippen LogP contribution >= 0.6 is 0 Å². The maximum absolute atomic E-state index is 4.36. The molecule has 0 amide bonds. The van der Waals surface area contributed by atoms with E-state index in [1.54, 1.807) is 6.33 Å². The number of rotatable bonds is 9. The summed E-state index contributed by atoms with van der Waals surface area (Å²) in [5, 5.41) is 6.71. The van der Waals surface area contributed by atoms with Gasteiger partial charge in [-0.15, -0.1) is 0 Å². The van der Waals surface area contributed by atoms with Gasteiger partial charge in [0.15, 0.2) is 0 Å². The molecule has 0 aliphatic carbocycles. The van der Waals surface area contributed by atoms with Crippen molar-refractivity contribution < 1.29 is 0 Å². The standard InChI is InChI=1S/C15H24N6/c1-3-13-14(17-4-2)19-11-20-15(13)18-7-5-6-9-21-10-8-16-12-21/h8,10-12H,3-7,9H2,1-2H3,(H2,17,18,19,20). The molecule has 6 heteroatoms. The molecule has 0 saturated heterocycles. The molecule has 0 fully saturated rings. The zero-order valence-electron chi connectivity index (χ0n) is 12.8. The summed E-state index contributed by atoms with van der Waals surface area (Å²) in [5.41, 5.74) is 1.16. The highest BCUT2D eigenvalue weighted by Crippen LogP contribution is 2.20. The summed E-state index contributed by atoms with van der Waals surface area (Å²) in [5.74, 6) is 1.89. The van der Waals surface area contributed by atoms with Gasteiger partial charge in [0.05, 0.1) is 6.33 Å². The van der Waals surface area contributed by atoms with E-state index in [0.29, 0.717) is 0 Å². The first-order valence-electron chi connectivity index (χ1n) is 7.62. The van der Waals surface area contributed by atoms with Gasteiger partial charge in [-0.3, -0.25) is 0 Å². The normalized spacial score (nSPS) is 10.6. The van der Waals surface area contributed by atoms with Crippen molar-refractivity contribution in [3.8, 4) is 0 Å². The lowest BCUT2D eigenvalue weighted by Gasteiger charge is -2.13. The van der Waals surface area contributed by atoms with Crippen LogP contribution in [0.4, 0.5) is 11.6 Å². The molecule has 2 aromatic heterocycles. The Morgan fingerprint density at radius 3 is 2.57 bits per heavy atom. The van der Waals surface area contributed by atoms with Crippen molar-refractivity contribution in [2.24, 2.45) is 0 Å². The minimum atomic E-state index is 0.869. The van der Waals surface area contributed by atoms with Gasteiger partial charge in [-0.05, 0) is 26.2 Å². The predicted octanol–water partition coefficient (Wildman–Crippen LogP) is 2.56. The van der Waals surface area contributed by atoms with Gasteiger partial charge < -0.3 is 15.2 Å². The zero-order valence-corrected chi connectivity index (χ0v) is 12.8. The van der Waals surface area contributed by atoms with Gasteiger partial charge in [0, 0.05) is 37.6 Å². The quantitative estimate of drug-likeness (QED) is 0.694. The molecule has 0 unspecified atom stereocenters. The van der Waals surface area contributed by atoms with Crippen molar-refractivity contribution in [1.82, 2.24) is 19.5 Å². The number of nitrogens with zero attached hydrogens (tertiary/aromatic N) is 4. The first kappa shape index (κ1) is 15.3. The third-order valence-corrected chi connectivity index (χ3v) is 3.34. The highest BCUT2D eigenvalue weighted by molar-refractivity contribution is 5.57. The highest BCUT2D eigenvalue weighted by atomic mass is 15.1. The molecule has 0 atom stereocenters. The van der Waals surface area contributed by atoms with Crippen LogP contribution in [0, 0.1) is 0 Å². The van der Waals surface area contributed by atoms with Crippen LogP contribution in [0.25, 0.3) is 0 Å². The molecule has 114 valence electrons. The molecule has 2 N–H and O–H groups in total. The molecule has 0 radical (unpaired) electrons. The Labute approximate surface area is 126 Å². The molecular weight excluding hydrogens is 264 g/mol. The summed E-state index contributed by atoms with van der Waals surface area (Å²) in [6.07, 6.45) is 10.4. The molecule has 0 aromatic carbocycles. The van der Waals surface area contributed by atoms with Crippen molar-refractivity contribution >= 4 is 11.6 Å². The summed E-state index contributed by atoms with van der Waals surface area (Å²) < 4.78 is 2.10. The Morgan fingerprint density at radius 2 is 1.90 bits per heavy atom. The number of aryl methyl sites for hydroxylation is 1. The van der Waals surface area contributed by atoms with Crippen LogP contribution < -0.4 is 10.6 Å². The van der Waals surface area contributed by atoms with Crippen LogP contribution in [-0.2, 0) is 13.0 Å². The fourth-order valence-corrected chi connectivity index (χ4v) is 2.26. The predicted molar refractivity (Wildman–Crippen MR) is 85.5 cm³/mol. The molecule has 6 nitrogen and oxygen atoms in total. The number of nitrogens with one attached hydrogen (secondary N) is 2. The first-order valence-corrected chi connectivity index (χ1v) is 7.62.